The van der Waals surface area contributed by atoms with Gasteiger partial charge in [0, 0.05) is 12.6 Å². The molecular formula is C16H25NO2. The lowest BCUT2D eigenvalue weighted by molar-refractivity contribution is -0.139. The first-order chi connectivity index (χ1) is 9.02. The van der Waals surface area contributed by atoms with Crippen LogP contribution in [0.2, 0.25) is 0 Å². The second kappa shape index (κ2) is 7.95. The molecule has 0 radical (unpaired) electrons. The summed E-state index contributed by atoms with van der Waals surface area (Å²) in [7, 11) is 1.42. The third-order valence-corrected chi connectivity index (χ3v) is 3.15. The maximum Gasteiger partial charge on any atom is 0.309 e. The van der Waals surface area contributed by atoms with E-state index >= 15 is 0 Å². The highest BCUT2D eigenvalue weighted by atomic mass is 16.5. The highest BCUT2D eigenvalue weighted by molar-refractivity contribution is 5.72. The lowest BCUT2D eigenvalue weighted by Crippen LogP contribution is -2.27. The lowest BCUT2D eigenvalue weighted by Gasteiger charge is -2.17. The van der Waals surface area contributed by atoms with Gasteiger partial charge in [-0.05, 0) is 30.4 Å². The minimum Gasteiger partial charge on any atom is -0.469 e. The van der Waals surface area contributed by atoms with Gasteiger partial charge in [0.15, 0.2) is 0 Å². The summed E-state index contributed by atoms with van der Waals surface area (Å²) in [4.78, 5) is 11.4. The zero-order valence-corrected chi connectivity index (χ0v) is 12.4. The monoisotopic (exact) mass is 263 g/mol. The molecule has 0 aliphatic rings. The van der Waals surface area contributed by atoms with Crippen molar-refractivity contribution >= 4 is 5.97 Å². The van der Waals surface area contributed by atoms with Crippen molar-refractivity contribution in [1.29, 1.82) is 0 Å². The maximum absolute atomic E-state index is 11.4. The van der Waals surface area contributed by atoms with Gasteiger partial charge in [-0.3, -0.25) is 4.79 Å². The highest BCUT2D eigenvalue weighted by Gasteiger charge is 2.09. The van der Waals surface area contributed by atoms with Crippen LogP contribution in [0.5, 0.6) is 0 Å². The molecule has 0 amide bonds. The summed E-state index contributed by atoms with van der Waals surface area (Å²) in [6.45, 7) is 7.44. The van der Waals surface area contributed by atoms with Gasteiger partial charge in [-0.2, -0.15) is 0 Å². The van der Waals surface area contributed by atoms with Crippen LogP contribution in [0.15, 0.2) is 24.3 Å². The number of hydrogen-bond acceptors (Lipinski definition) is 3. The predicted octanol–water partition coefficient (Wildman–Crippen LogP) is 2.93. The van der Waals surface area contributed by atoms with Gasteiger partial charge in [-0.1, -0.05) is 38.1 Å². The number of carbonyl (C=O) groups excluding carboxylic acids is 1. The molecule has 3 nitrogen and oxygen atoms in total. The van der Waals surface area contributed by atoms with Gasteiger partial charge in [0.2, 0.25) is 0 Å². The average Bonchev–Trinajstić information content (AvgIpc) is 2.36. The Kier molecular flexibility index (Phi) is 6.57. The van der Waals surface area contributed by atoms with E-state index < -0.39 is 0 Å². The van der Waals surface area contributed by atoms with E-state index in [2.05, 4.69) is 32.2 Å². The number of methoxy groups -OCH3 is 1. The Bertz CT molecular complexity index is 401. The maximum atomic E-state index is 11.4. The molecule has 1 rings (SSSR count). The normalized spacial score (nSPS) is 12.5. The molecule has 3 heteroatoms. The van der Waals surface area contributed by atoms with Crippen molar-refractivity contribution in [3.8, 4) is 0 Å². The second-order valence-electron chi connectivity index (χ2n) is 5.43. The van der Waals surface area contributed by atoms with Gasteiger partial charge >= 0.3 is 5.97 Å². The Morgan fingerprint density at radius 3 is 2.42 bits per heavy atom. The fraction of sp³-hybridized carbons (Fsp3) is 0.562. The van der Waals surface area contributed by atoms with Gasteiger partial charge in [-0.15, -0.1) is 0 Å². The van der Waals surface area contributed by atoms with E-state index in [-0.39, 0.29) is 5.97 Å². The number of rotatable bonds is 7. The van der Waals surface area contributed by atoms with Crippen molar-refractivity contribution in [1.82, 2.24) is 5.32 Å². The molecule has 1 aromatic carbocycles. The summed E-state index contributed by atoms with van der Waals surface area (Å²) < 4.78 is 4.73. The summed E-state index contributed by atoms with van der Waals surface area (Å²) in [5.74, 6) is 0.496. The number of ether oxygens (including phenoxy) is 1. The van der Waals surface area contributed by atoms with E-state index in [1.54, 1.807) is 0 Å². The van der Waals surface area contributed by atoms with Crippen LogP contribution in [0.25, 0.3) is 0 Å². The Morgan fingerprint density at radius 1 is 1.21 bits per heavy atom. The van der Waals surface area contributed by atoms with Crippen LogP contribution in [0.1, 0.15) is 38.3 Å². The molecule has 1 atom stereocenters. The summed E-state index contributed by atoms with van der Waals surface area (Å²) in [5, 5.41) is 3.51. The van der Waals surface area contributed by atoms with E-state index in [1.807, 2.05) is 18.2 Å². The van der Waals surface area contributed by atoms with Gasteiger partial charge in [0.25, 0.3) is 0 Å². The van der Waals surface area contributed by atoms with E-state index in [9.17, 15) is 4.79 Å². The number of nitrogens with one attached hydrogen (secondary N) is 1. The van der Waals surface area contributed by atoms with Crippen molar-refractivity contribution < 1.29 is 9.53 Å². The molecular weight excluding hydrogens is 238 g/mol. The average molecular weight is 263 g/mol. The minimum atomic E-state index is -0.192. The summed E-state index contributed by atoms with van der Waals surface area (Å²) in [6, 6.07) is 8.49. The molecule has 0 saturated carbocycles. The summed E-state index contributed by atoms with van der Waals surface area (Å²) >= 11 is 0. The van der Waals surface area contributed by atoms with Crippen LogP contribution in [-0.2, 0) is 22.5 Å². The molecule has 0 heterocycles. The molecule has 0 fully saturated rings. The SMILES string of the molecule is COC(=O)Cc1ccccc1CNC(C)CC(C)C. The molecule has 0 aliphatic heterocycles. The van der Waals surface area contributed by atoms with Crippen LogP contribution in [0, 0.1) is 5.92 Å². The van der Waals surface area contributed by atoms with Crippen LogP contribution < -0.4 is 5.32 Å². The molecule has 0 bridgehead atoms. The fourth-order valence-corrected chi connectivity index (χ4v) is 2.20. The molecule has 106 valence electrons. The number of benzene rings is 1. The Balaban J connectivity index is 2.60. The minimum absolute atomic E-state index is 0.192. The predicted molar refractivity (Wildman–Crippen MR) is 77.9 cm³/mol. The number of esters is 1. The molecule has 19 heavy (non-hydrogen) atoms. The van der Waals surface area contributed by atoms with Crippen molar-refractivity contribution in [2.75, 3.05) is 7.11 Å². The lowest BCUT2D eigenvalue weighted by atomic mass is 10.0. The largest absolute Gasteiger partial charge is 0.469 e. The Labute approximate surface area is 116 Å². The van der Waals surface area contributed by atoms with Crippen LogP contribution >= 0.6 is 0 Å². The van der Waals surface area contributed by atoms with E-state index in [0.717, 1.165) is 18.5 Å². The fourth-order valence-electron chi connectivity index (χ4n) is 2.20. The number of carbonyl (C=O) groups is 1. The topological polar surface area (TPSA) is 38.3 Å². The first-order valence-electron chi connectivity index (χ1n) is 6.90. The van der Waals surface area contributed by atoms with E-state index in [4.69, 9.17) is 4.74 Å². The summed E-state index contributed by atoms with van der Waals surface area (Å²) in [5.41, 5.74) is 2.21. The molecule has 0 saturated heterocycles. The van der Waals surface area contributed by atoms with Crippen molar-refractivity contribution in [3.05, 3.63) is 35.4 Å². The van der Waals surface area contributed by atoms with Gasteiger partial charge in [0.1, 0.15) is 0 Å². The first kappa shape index (κ1) is 15.7. The van der Waals surface area contributed by atoms with Gasteiger partial charge in [0.05, 0.1) is 13.5 Å². The third-order valence-electron chi connectivity index (χ3n) is 3.15. The van der Waals surface area contributed by atoms with E-state index in [1.165, 1.54) is 12.7 Å². The third kappa shape index (κ3) is 5.88. The first-order valence-corrected chi connectivity index (χ1v) is 6.90. The molecule has 1 unspecified atom stereocenters. The molecule has 0 aromatic heterocycles. The van der Waals surface area contributed by atoms with E-state index in [0.29, 0.717) is 18.4 Å². The standard InChI is InChI=1S/C16H25NO2/c1-12(2)9-13(3)17-11-15-8-6-5-7-14(15)10-16(18)19-4/h5-8,12-13,17H,9-11H2,1-4H3. The van der Waals surface area contributed by atoms with Gasteiger partial charge < -0.3 is 10.1 Å². The number of hydrogen-bond donors (Lipinski definition) is 1. The van der Waals surface area contributed by atoms with Crippen molar-refractivity contribution in [2.45, 2.75) is 46.2 Å². The Hall–Kier alpha value is -1.35. The second-order valence-corrected chi connectivity index (χ2v) is 5.43. The quantitative estimate of drug-likeness (QED) is 0.769. The zero-order chi connectivity index (χ0) is 14.3. The highest BCUT2D eigenvalue weighted by Crippen LogP contribution is 2.11. The van der Waals surface area contributed by atoms with Crippen molar-refractivity contribution in [3.63, 3.8) is 0 Å². The molecule has 1 aromatic rings. The van der Waals surface area contributed by atoms with Crippen LogP contribution in [0.3, 0.4) is 0 Å². The molecule has 0 aliphatic carbocycles. The smallest absolute Gasteiger partial charge is 0.309 e. The van der Waals surface area contributed by atoms with Crippen LogP contribution in [0.4, 0.5) is 0 Å². The molecule has 1 N–H and O–H groups in total. The van der Waals surface area contributed by atoms with Crippen LogP contribution in [-0.4, -0.2) is 19.1 Å². The van der Waals surface area contributed by atoms with Gasteiger partial charge in [-0.25, -0.2) is 0 Å². The van der Waals surface area contributed by atoms with Crippen molar-refractivity contribution in [2.24, 2.45) is 5.92 Å². The molecule has 0 spiro atoms. The zero-order valence-electron chi connectivity index (χ0n) is 12.4. The Morgan fingerprint density at radius 2 is 1.84 bits per heavy atom. The summed E-state index contributed by atoms with van der Waals surface area (Å²) in [6.07, 6.45) is 1.49.